The van der Waals surface area contributed by atoms with Crippen LogP contribution >= 0.6 is 0 Å². The Bertz CT molecular complexity index is 241. The second-order valence-corrected chi connectivity index (χ2v) is 3.42. The van der Waals surface area contributed by atoms with Crippen LogP contribution in [0.2, 0.25) is 0 Å². The van der Waals surface area contributed by atoms with Gasteiger partial charge in [-0.3, -0.25) is 0 Å². The van der Waals surface area contributed by atoms with E-state index in [0.717, 1.165) is 10.8 Å². The molecule has 0 unspecified atom stereocenters. The summed E-state index contributed by atoms with van der Waals surface area (Å²) in [5, 5.41) is 1.12. The average molecular weight is 164 g/mol. The fourth-order valence-corrected chi connectivity index (χ4v) is 1.60. The summed E-state index contributed by atoms with van der Waals surface area (Å²) in [5.41, 5.74) is 1.16. The van der Waals surface area contributed by atoms with E-state index >= 15 is 0 Å². The van der Waals surface area contributed by atoms with Gasteiger partial charge in [-0.1, -0.05) is 36.4 Å². The molecule has 0 spiro atoms. The lowest BCUT2D eigenvalue weighted by Gasteiger charge is -2.00. The minimum absolute atomic E-state index is 1.01. The predicted octanol–water partition coefficient (Wildman–Crippen LogP) is 1.12. The molecule has 0 heterocycles. The van der Waals surface area contributed by atoms with Crippen LogP contribution in [-0.4, -0.2) is 14.6 Å². The molecule has 0 fully saturated rings. The lowest BCUT2D eigenvalue weighted by molar-refractivity contribution is 0.616. The summed E-state index contributed by atoms with van der Waals surface area (Å²) in [4.78, 5) is 9.05. The van der Waals surface area contributed by atoms with E-state index in [0.29, 0.717) is 0 Å². The highest BCUT2D eigenvalue weighted by molar-refractivity contribution is 6.53. The van der Waals surface area contributed by atoms with E-state index in [1.54, 1.807) is 0 Å². The molecule has 11 heavy (non-hydrogen) atoms. The molecule has 1 nitrogen and oxygen atoms in total. The molecule has 0 aliphatic heterocycles. The standard InChI is InChI=1S/C9H12OSi/c1-2-9(11-10)8-6-4-3-5-7-8/h2-7,10H,11H2,1H3. The third-order valence-electron chi connectivity index (χ3n) is 1.66. The predicted molar refractivity (Wildman–Crippen MR) is 50.9 cm³/mol. The number of hydrogen-bond acceptors (Lipinski definition) is 1. The SMILES string of the molecule is CC=C([SiH2]O)c1ccccc1. The number of hydrogen-bond donors (Lipinski definition) is 1. The molecular weight excluding hydrogens is 152 g/mol. The van der Waals surface area contributed by atoms with Gasteiger partial charge in [0.25, 0.3) is 0 Å². The van der Waals surface area contributed by atoms with Gasteiger partial charge in [0.15, 0.2) is 9.76 Å². The van der Waals surface area contributed by atoms with Crippen molar-refractivity contribution >= 4 is 15.0 Å². The molecule has 0 bridgehead atoms. The maximum absolute atomic E-state index is 9.05. The molecule has 2 heteroatoms. The highest BCUT2D eigenvalue weighted by Crippen LogP contribution is 2.10. The van der Waals surface area contributed by atoms with Crippen molar-refractivity contribution in [1.29, 1.82) is 0 Å². The molecule has 0 aliphatic carbocycles. The fourth-order valence-electron chi connectivity index (χ4n) is 1.00. The molecule has 0 atom stereocenters. The van der Waals surface area contributed by atoms with Gasteiger partial charge in [0.1, 0.15) is 0 Å². The summed E-state index contributed by atoms with van der Waals surface area (Å²) in [7, 11) is -1.01. The molecule has 58 valence electrons. The van der Waals surface area contributed by atoms with Crippen LogP contribution in [-0.2, 0) is 0 Å². The van der Waals surface area contributed by atoms with Crippen LogP contribution in [0.3, 0.4) is 0 Å². The van der Waals surface area contributed by atoms with Crippen LogP contribution < -0.4 is 0 Å². The van der Waals surface area contributed by atoms with Crippen molar-refractivity contribution in [2.24, 2.45) is 0 Å². The highest BCUT2D eigenvalue weighted by atomic mass is 28.2. The lowest BCUT2D eigenvalue weighted by atomic mass is 10.2. The molecule has 1 N–H and O–H groups in total. The Morgan fingerprint density at radius 2 is 2.00 bits per heavy atom. The largest absolute Gasteiger partial charge is 0.433 e. The van der Waals surface area contributed by atoms with Crippen molar-refractivity contribution in [1.82, 2.24) is 0 Å². The topological polar surface area (TPSA) is 20.2 Å². The molecule has 0 saturated heterocycles. The summed E-state index contributed by atoms with van der Waals surface area (Å²) in [6, 6.07) is 10.0. The first-order valence-electron chi connectivity index (χ1n) is 3.70. The van der Waals surface area contributed by atoms with Crippen molar-refractivity contribution in [2.45, 2.75) is 6.92 Å². The van der Waals surface area contributed by atoms with Gasteiger partial charge >= 0.3 is 0 Å². The fraction of sp³-hybridized carbons (Fsp3) is 0.111. The molecule has 0 saturated carbocycles. The minimum Gasteiger partial charge on any atom is -0.433 e. The van der Waals surface area contributed by atoms with Crippen LogP contribution in [0.15, 0.2) is 36.4 Å². The Balaban J connectivity index is 2.92. The Labute approximate surface area is 69.3 Å². The Kier molecular flexibility index (Phi) is 3.07. The smallest absolute Gasteiger partial charge is 0.188 e. The maximum Gasteiger partial charge on any atom is 0.188 e. The van der Waals surface area contributed by atoms with E-state index in [2.05, 4.69) is 0 Å². The quantitative estimate of drug-likeness (QED) is 0.650. The molecule has 0 aromatic heterocycles. The first kappa shape index (κ1) is 8.24. The molecule has 1 rings (SSSR count). The van der Waals surface area contributed by atoms with Crippen LogP contribution in [0.25, 0.3) is 5.20 Å². The molecule has 1 aromatic rings. The molecule has 0 radical (unpaired) electrons. The lowest BCUT2D eigenvalue weighted by Crippen LogP contribution is -1.92. The molecule has 0 aliphatic rings. The summed E-state index contributed by atoms with van der Waals surface area (Å²) in [5.74, 6) is 0. The second kappa shape index (κ2) is 4.11. The summed E-state index contributed by atoms with van der Waals surface area (Å²) < 4.78 is 0. The van der Waals surface area contributed by atoms with Crippen LogP contribution in [0, 0.1) is 0 Å². The van der Waals surface area contributed by atoms with Crippen molar-refractivity contribution in [2.75, 3.05) is 0 Å². The van der Waals surface area contributed by atoms with E-state index in [9.17, 15) is 0 Å². The summed E-state index contributed by atoms with van der Waals surface area (Å²) in [6.07, 6.45) is 1.99. The van der Waals surface area contributed by atoms with Gasteiger partial charge in [0.2, 0.25) is 0 Å². The Morgan fingerprint density at radius 1 is 1.36 bits per heavy atom. The minimum atomic E-state index is -1.01. The average Bonchev–Trinajstić information content (AvgIpc) is 2.09. The first-order valence-corrected chi connectivity index (χ1v) is 5.04. The van der Waals surface area contributed by atoms with Gasteiger partial charge in [-0.15, -0.1) is 0 Å². The highest BCUT2D eigenvalue weighted by Gasteiger charge is 1.96. The van der Waals surface area contributed by atoms with Crippen molar-refractivity contribution in [3.05, 3.63) is 42.0 Å². The van der Waals surface area contributed by atoms with Crippen LogP contribution in [0.4, 0.5) is 0 Å². The van der Waals surface area contributed by atoms with Gasteiger partial charge in [0, 0.05) is 0 Å². The van der Waals surface area contributed by atoms with E-state index in [1.165, 1.54) is 0 Å². The summed E-state index contributed by atoms with van der Waals surface area (Å²) >= 11 is 0. The van der Waals surface area contributed by atoms with Gasteiger partial charge in [-0.2, -0.15) is 0 Å². The number of rotatable bonds is 2. The maximum atomic E-state index is 9.05. The normalized spacial score (nSPS) is 12.7. The van der Waals surface area contributed by atoms with Gasteiger partial charge in [-0.25, -0.2) is 0 Å². The van der Waals surface area contributed by atoms with E-state index in [1.807, 2.05) is 43.3 Å². The summed E-state index contributed by atoms with van der Waals surface area (Å²) in [6.45, 7) is 1.96. The molecule has 1 aromatic carbocycles. The second-order valence-electron chi connectivity index (χ2n) is 2.34. The zero-order valence-corrected chi connectivity index (χ0v) is 8.03. The Morgan fingerprint density at radius 3 is 2.45 bits per heavy atom. The zero-order valence-electron chi connectivity index (χ0n) is 6.62. The zero-order chi connectivity index (χ0) is 8.10. The van der Waals surface area contributed by atoms with Gasteiger partial charge in [0.05, 0.1) is 0 Å². The van der Waals surface area contributed by atoms with E-state index in [4.69, 9.17) is 4.80 Å². The van der Waals surface area contributed by atoms with Gasteiger partial charge < -0.3 is 4.80 Å². The monoisotopic (exact) mass is 164 g/mol. The van der Waals surface area contributed by atoms with Crippen molar-refractivity contribution in [3.63, 3.8) is 0 Å². The number of benzene rings is 1. The molecule has 0 amide bonds. The van der Waals surface area contributed by atoms with E-state index in [-0.39, 0.29) is 0 Å². The Hall–Kier alpha value is -0.863. The third kappa shape index (κ3) is 2.03. The first-order chi connectivity index (χ1) is 5.38. The molecular formula is C9H12OSi. The van der Waals surface area contributed by atoms with Crippen molar-refractivity contribution < 1.29 is 4.80 Å². The van der Waals surface area contributed by atoms with Crippen LogP contribution in [0.5, 0.6) is 0 Å². The van der Waals surface area contributed by atoms with Gasteiger partial charge in [-0.05, 0) is 17.7 Å². The van der Waals surface area contributed by atoms with E-state index < -0.39 is 9.76 Å². The van der Waals surface area contributed by atoms with Crippen molar-refractivity contribution in [3.8, 4) is 0 Å². The van der Waals surface area contributed by atoms with Crippen LogP contribution in [0.1, 0.15) is 12.5 Å². The number of allylic oxidation sites excluding steroid dienone is 1. The third-order valence-corrected chi connectivity index (χ3v) is 2.82.